The molecule has 0 spiro atoms. The van der Waals surface area contributed by atoms with E-state index in [0.717, 1.165) is 23.3 Å². The Labute approximate surface area is 141 Å². The van der Waals surface area contributed by atoms with Gasteiger partial charge >= 0.3 is 0 Å². The number of nitriles is 1. The van der Waals surface area contributed by atoms with Crippen molar-refractivity contribution >= 4 is 5.69 Å². The zero-order valence-electron chi connectivity index (χ0n) is 13.5. The van der Waals surface area contributed by atoms with E-state index >= 15 is 0 Å². The normalized spacial score (nSPS) is 16.1. The first-order valence-electron chi connectivity index (χ1n) is 7.83. The van der Waals surface area contributed by atoms with Gasteiger partial charge in [0, 0.05) is 17.3 Å². The summed E-state index contributed by atoms with van der Waals surface area (Å²) in [7, 11) is 0. The first-order valence-corrected chi connectivity index (χ1v) is 7.83. The van der Waals surface area contributed by atoms with Crippen LogP contribution in [-0.4, -0.2) is 6.61 Å². The van der Waals surface area contributed by atoms with Gasteiger partial charge in [0.05, 0.1) is 12.5 Å². The summed E-state index contributed by atoms with van der Waals surface area (Å²) in [4.78, 5) is 0. The summed E-state index contributed by atoms with van der Waals surface area (Å²) in [6.45, 7) is 2.74. The zero-order valence-corrected chi connectivity index (χ0v) is 13.5. The van der Waals surface area contributed by atoms with Crippen molar-refractivity contribution in [2.45, 2.75) is 19.3 Å². The van der Waals surface area contributed by atoms with Crippen LogP contribution in [0, 0.1) is 11.3 Å². The molecule has 0 amide bonds. The lowest BCUT2D eigenvalue weighted by Crippen LogP contribution is -2.21. The lowest BCUT2D eigenvalue weighted by molar-refractivity contribution is 0.317. The van der Waals surface area contributed by atoms with Crippen LogP contribution in [0.25, 0.3) is 0 Å². The van der Waals surface area contributed by atoms with Crippen LogP contribution >= 0.6 is 0 Å². The lowest BCUT2D eigenvalue weighted by atomic mass is 9.83. The summed E-state index contributed by atoms with van der Waals surface area (Å²) in [5, 5.41) is 9.53. The van der Waals surface area contributed by atoms with E-state index in [1.165, 1.54) is 0 Å². The number of benzene rings is 2. The molecule has 4 N–H and O–H groups in total. The van der Waals surface area contributed by atoms with Crippen molar-refractivity contribution in [2.24, 2.45) is 5.73 Å². The van der Waals surface area contributed by atoms with Crippen LogP contribution in [0.15, 0.2) is 53.9 Å². The van der Waals surface area contributed by atoms with E-state index < -0.39 is 0 Å². The fourth-order valence-corrected chi connectivity index (χ4v) is 2.79. The molecule has 1 aliphatic heterocycles. The highest BCUT2D eigenvalue weighted by Gasteiger charge is 2.30. The van der Waals surface area contributed by atoms with Gasteiger partial charge in [-0.05, 0) is 30.2 Å². The average Bonchev–Trinajstić information content (AvgIpc) is 2.59. The van der Waals surface area contributed by atoms with E-state index in [4.69, 9.17) is 20.9 Å². The topological polar surface area (TPSA) is 94.3 Å². The third-order valence-electron chi connectivity index (χ3n) is 3.93. The van der Waals surface area contributed by atoms with E-state index in [9.17, 15) is 5.26 Å². The number of hydrogen-bond donors (Lipinski definition) is 2. The Balaban J connectivity index is 2.03. The first kappa shape index (κ1) is 15.8. The van der Waals surface area contributed by atoms with Gasteiger partial charge in [0.1, 0.15) is 23.1 Å². The molecule has 0 unspecified atom stereocenters. The Morgan fingerprint density at radius 1 is 1.17 bits per heavy atom. The molecule has 0 fully saturated rings. The molecule has 1 heterocycles. The molecule has 5 nitrogen and oxygen atoms in total. The number of nitrogens with zero attached hydrogens (tertiary/aromatic N) is 1. The van der Waals surface area contributed by atoms with Gasteiger partial charge in [0.25, 0.3) is 0 Å². The van der Waals surface area contributed by atoms with Crippen LogP contribution in [0.1, 0.15) is 30.4 Å². The Morgan fingerprint density at radius 3 is 2.58 bits per heavy atom. The molecule has 2 aromatic rings. The number of nitrogens with two attached hydrogens (primary N) is 2. The zero-order chi connectivity index (χ0) is 17.1. The molecule has 24 heavy (non-hydrogen) atoms. The summed E-state index contributed by atoms with van der Waals surface area (Å²) < 4.78 is 11.2. The molecule has 0 radical (unpaired) electrons. The molecule has 3 rings (SSSR count). The highest BCUT2D eigenvalue weighted by Crippen LogP contribution is 2.42. The van der Waals surface area contributed by atoms with Crippen molar-refractivity contribution in [1.82, 2.24) is 0 Å². The quantitative estimate of drug-likeness (QED) is 0.843. The minimum absolute atomic E-state index is 0.118. The van der Waals surface area contributed by atoms with Gasteiger partial charge in [-0.2, -0.15) is 5.26 Å². The SMILES string of the molecule is CCCOc1ccc([C@H]2C(C#N)=C(N)Oc3cc(N)ccc32)cc1. The molecule has 0 saturated carbocycles. The minimum Gasteiger partial charge on any atom is -0.494 e. The van der Waals surface area contributed by atoms with Crippen LogP contribution in [0.4, 0.5) is 5.69 Å². The van der Waals surface area contributed by atoms with Crippen molar-refractivity contribution in [1.29, 1.82) is 5.26 Å². The number of ether oxygens (including phenoxy) is 2. The number of rotatable bonds is 4. The summed E-state index contributed by atoms with van der Waals surface area (Å²) >= 11 is 0. The van der Waals surface area contributed by atoms with Crippen LogP contribution in [0.5, 0.6) is 11.5 Å². The fourth-order valence-electron chi connectivity index (χ4n) is 2.79. The van der Waals surface area contributed by atoms with E-state index in [1.807, 2.05) is 30.3 Å². The molecule has 0 saturated heterocycles. The molecule has 5 heteroatoms. The second kappa shape index (κ2) is 6.55. The van der Waals surface area contributed by atoms with Crippen molar-refractivity contribution in [3.8, 4) is 17.6 Å². The lowest BCUT2D eigenvalue weighted by Gasteiger charge is -2.26. The Bertz CT molecular complexity index is 819. The van der Waals surface area contributed by atoms with Gasteiger partial charge in [-0.3, -0.25) is 0 Å². The number of nitrogen functional groups attached to an aromatic ring is 1. The fraction of sp³-hybridized carbons (Fsp3) is 0.211. The molecule has 1 atom stereocenters. The predicted molar refractivity (Wildman–Crippen MR) is 92.4 cm³/mol. The number of fused-ring (bicyclic) bond motifs is 1. The maximum atomic E-state index is 9.53. The molecule has 1 aliphatic rings. The highest BCUT2D eigenvalue weighted by atomic mass is 16.5. The third-order valence-corrected chi connectivity index (χ3v) is 3.93. The van der Waals surface area contributed by atoms with Gasteiger partial charge in [-0.1, -0.05) is 25.1 Å². The van der Waals surface area contributed by atoms with Crippen LogP contribution in [-0.2, 0) is 0 Å². The van der Waals surface area contributed by atoms with Gasteiger partial charge in [-0.15, -0.1) is 0 Å². The molecule has 0 aliphatic carbocycles. The standard InChI is InChI=1S/C19H19N3O2/c1-2-9-23-14-6-3-12(4-7-14)18-15-8-5-13(21)10-17(15)24-19(22)16(18)11-20/h3-8,10,18H,2,9,21-22H2,1H3/t18-/m1/s1. The smallest absolute Gasteiger partial charge is 0.205 e. The van der Waals surface area contributed by atoms with Gasteiger partial charge < -0.3 is 20.9 Å². The van der Waals surface area contributed by atoms with Crippen molar-refractivity contribution < 1.29 is 9.47 Å². The molecule has 122 valence electrons. The van der Waals surface area contributed by atoms with E-state index in [2.05, 4.69) is 13.0 Å². The second-order valence-corrected chi connectivity index (χ2v) is 5.64. The monoisotopic (exact) mass is 321 g/mol. The first-order chi connectivity index (χ1) is 11.6. The van der Waals surface area contributed by atoms with Gasteiger partial charge in [0.2, 0.25) is 5.88 Å². The summed E-state index contributed by atoms with van der Waals surface area (Å²) in [5.74, 6) is 1.23. The summed E-state index contributed by atoms with van der Waals surface area (Å²) in [5.41, 5.74) is 14.6. The van der Waals surface area contributed by atoms with Crippen LogP contribution in [0.3, 0.4) is 0 Å². The molecule has 2 aromatic carbocycles. The van der Waals surface area contributed by atoms with Gasteiger partial charge in [0.15, 0.2) is 0 Å². The second-order valence-electron chi connectivity index (χ2n) is 5.64. The Hall–Kier alpha value is -3.13. The Kier molecular flexibility index (Phi) is 4.30. The largest absolute Gasteiger partial charge is 0.494 e. The summed E-state index contributed by atoms with van der Waals surface area (Å²) in [6.07, 6.45) is 0.953. The maximum Gasteiger partial charge on any atom is 0.205 e. The number of allylic oxidation sites excluding steroid dienone is 1. The number of hydrogen-bond acceptors (Lipinski definition) is 5. The average molecular weight is 321 g/mol. The van der Waals surface area contributed by atoms with E-state index in [0.29, 0.717) is 23.6 Å². The minimum atomic E-state index is -0.278. The van der Waals surface area contributed by atoms with Gasteiger partial charge in [-0.25, -0.2) is 0 Å². The predicted octanol–water partition coefficient (Wildman–Crippen LogP) is 3.28. The highest BCUT2D eigenvalue weighted by molar-refractivity contribution is 5.59. The molecular formula is C19H19N3O2. The molecular weight excluding hydrogens is 302 g/mol. The van der Waals surface area contributed by atoms with Crippen molar-refractivity contribution in [2.75, 3.05) is 12.3 Å². The molecule has 0 bridgehead atoms. The number of anilines is 1. The molecule has 0 aromatic heterocycles. The van der Waals surface area contributed by atoms with E-state index in [1.54, 1.807) is 12.1 Å². The van der Waals surface area contributed by atoms with Crippen molar-refractivity contribution in [3.63, 3.8) is 0 Å². The van der Waals surface area contributed by atoms with Crippen LogP contribution in [0.2, 0.25) is 0 Å². The maximum absolute atomic E-state index is 9.53. The van der Waals surface area contributed by atoms with Crippen molar-refractivity contribution in [3.05, 3.63) is 65.0 Å². The summed E-state index contributed by atoms with van der Waals surface area (Å²) in [6, 6.07) is 15.3. The van der Waals surface area contributed by atoms with E-state index in [-0.39, 0.29) is 11.8 Å². The van der Waals surface area contributed by atoms with Crippen LogP contribution < -0.4 is 20.9 Å². The third kappa shape index (κ3) is 2.86. The Morgan fingerprint density at radius 2 is 1.92 bits per heavy atom.